The summed E-state index contributed by atoms with van der Waals surface area (Å²) in [5.41, 5.74) is -0.840. The molecule has 1 aromatic rings. The molecule has 1 aliphatic heterocycles. The van der Waals surface area contributed by atoms with E-state index < -0.39 is 5.69 Å². The van der Waals surface area contributed by atoms with E-state index in [9.17, 15) is 14.4 Å². The van der Waals surface area contributed by atoms with Crippen LogP contribution < -0.4 is 16.6 Å². The van der Waals surface area contributed by atoms with Crippen molar-refractivity contribution in [3.05, 3.63) is 33.1 Å². The van der Waals surface area contributed by atoms with Crippen molar-refractivity contribution in [2.24, 2.45) is 7.05 Å². The first kappa shape index (κ1) is 13.5. The van der Waals surface area contributed by atoms with E-state index in [0.717, 1.165) is 17.7 Å². The Morgan fingerprint density at radius 1 is 1.47 bits per heavy atom. The molecule has 0 bridgehead atoms. The maximum Gasteiger partial charge on any atom is 0.331 e. The monoisotopic (exact) mass is 266 g/mol. The van der Waals surface area contributed by atoms with Crippen molar-refractivity contribution in [1.82, 2.24) is 19.4 Å². The second-order valence-electron chi connectivity index (χ2n) is 4.76. The summed E-state index contributed by atoms with van der Waals surface area (Å²) in [4.78, 5) is 37.0. The molecule has 1 fully saturated rings. The van der Waals surface area contributed by atoms with Crippen LogP contribution in [-0.2, 0) is 18.4 Å². The number of carbonyl (C=O) groups excluding carboxylic acids is 1. The zero-order valence-electron chi connectivity index (χ0n) is 11.1. The minimum Gasteiger partial charge on any atom is -0.336 e. The third-order valence-corrected chi connectivity index (χ3v) is 3.39. The molecule has 19 heavy (non-hydrogen) atoms. The first-order valence-corrected chi connectivity index (χ1v) is 6.27. The van der Waals surface area contributed by atoms with Gasteiger partial charge in [-0.3, -0.25) is 18.7 Å². The highest BCUT2D eigenvalue weighted by Crippen LogP contribution is 2.03. The number of hydrogen-bond donors (Lipinski definition) is 1. The molecule has 1 aliphatic rings. The fraction of sp³-hybridized carbons (Fsp3) is 0.583. The number of nitrogens with zero attached hydrogens (tertiary/aromatic N) is 3. The molecule has 0 aromatic carbocycles. The van der Waals surface area contributed by atoms with Crippen LogP contribution in [0, 0.1) is 0 Å². The first-order chi connectivity index (χ1) is 9.00. The molecule has 104 valence electrons. The molecule has 2 rings (SSSR count). The summed E-state index contributed by atoms with van der Waals surface area (Å²) >= 11 is 0. The zero-order chi connectivity index (χ0) is 14.0. The summed E-state index contributed by atoms with van der Waals surface area (Å²) in [5.74, 6) is -0.102. The predicted molar refractivity (Wildman–Crippen MR) is 70.0 cm³/mol. The van der Waals surface area contributed by atoms with Gasteiger partial charge < -0.3 is 10.2 Å². The Morgan fingerprint density at radius 2 is 2.21 bits per heavy atom. The number of carbonyl (C=O) groups is 1. The molecule has 1 N–H and O–H groups in total. The molecule has 0 saturated carbocycles. The molecule has 7 heteroatoms. The van der Waals surface area contributed by atoms with Gasteiger partial charge in [-0.25, -0.2) is 4.79 Å². The van der Waals surface area contributed by atoms with Gasteiger partial charge in [-0.05, 0) is 6.92 Å². The summed E-state index contributed by atoms with van der Waals surface area (Å²) in [6.45, 7) is 4.09. The lowest BCUT2D eigenvalue weighted by atomic mass is 10.2. The predicted octanol–water partition coefficient (Wildman–Crippen LogP) is -1.63. The third-order valence-electron chi connectivity index (χ3n) is 3.39. The van der Waals surface area contributed by atoms with Crippen LogP contribution in [0.1, 0.15) is 6.92 Å². The van der Waals surface area contributed by atoms with E-state index in [1.807, 2.05) is 6.92 Å². The van der Waals surface area contributed by atoms with Crippen LogP contribution >= 0.6 is 0 Å². The van der Waals surface area contributed by atoms with Crippen LogP contribution in [0.25, 0.3) is 0 Å². The van der Waals surface area contributed by atoms with Gasteiger partial charge in [-0.1, -0.05) is 0 Å². The Hall–Kier alpha value is -1.89. The van der Waals surface area contributed by atoms with E-state index in [-0.39, 0.29) is 24.1 Å². The van der Waals surface area contributed by atoms with E-state index in [1.54, 1.807) is 4.90 Å². The van der Waals surface area contributed by atoms with Crippen LogP contribution in [0.3, 0.4) is 0 Å². The fourth-order valence-electron chi connectivity index (χ4n) is 2.18. The highest BCUT2D eigenvalue weighted by atomic mass is 16.2. The topological polar surface area (TPSA) is 76.3 Å². The van der Waals surface area contributed by atoms with Crippen molar-refractivity contribution in [2.45, 2.75) is 19.5 Å². The van der Waals surface area contributed by atoms with E-state index in [1.165, 1.54) is 23.9 Å². The number of amides is 1. The molecule has 0 spiro atoms. The average molecular weight is 266 g/mol. The van der Waals surface area contributed by atoms with Crippen molar-refractivity contribution in [3.63, 3.8) is 0 Å². The quantitative estimate of drug-likeness (QED) is 0.697. The second kappa shape index (κ2) is 5.40. The Kier molecular flexibility index (Phi) is 3.84. The minimum atomic E-state index is -0.469. The lowest BCUT2D eigenvalue weighted by molar-refractivity contribution is -0.134. The number of hydrogen-bond acceptors (Lipinski definition) is 4. The molecule has 1 saturated heterocycles. The third kappa shape index (κ3) is 2.76. The molecule has 1 amide bonds. The summed E-state index contributed by atoms with van der Waals surface area (Å²) in [5, 5.41) is 3.20. The average Bonchev–Trinajstić information content (AvgIpc) is 2.40. The molecule has 0 unspecified atom stereocenters. The molecule has 1 aromatic heterocycles. The van der Waals surface area contributed by atoms with E-state index in [2.05, 4.69) is 5.32 Å². The van der Waals surface area contributed by atoms with Crippen molar-refractivity contribution in [1.29, 1.82) is 0 Å². The van der Waals surface area contributed by atoms with Crippen LogP contribution in [0.4, 0.5) is 0 Å². The lowest BCUT2D eigenvalue weighted by Gasteiger charge is -2.34. The van der Waals surface area contributed by atoms with Gasteiger partial charge in [-0.2, -0.15) is 0 Å². The Bertz CT molecular complexity index is 589. The molecular formula is C12H18N4O3. The number of aromatic nitrogens is 2. The number of rotatable bonds is 2. The maximum atomic E-state index is 12.2. The highest BCUT2D eigenvalue weighted by molar-refractivity contribution is 5.76. The Morgan fingerprint density at radius 3 is 2.89 bits per heavy atom. The first-order valence-electron chi connectivity index (χ1n) is 6.27. The molecule has 7 nitrogen and oxygen atoms in total. The second-order valence-corrected chi connectivity index (χ2v) is 4.76. The molecule has 1 atom stereocenters. The minimum absolute atomic E-state index is 0.0305. The number of piperazine rings is 1. The fourth-order valence-corrected chi connectivity index (χ4v) is 2.18. The van der Waals surface area contributed by atoms with Crippen molar-refractivity contribution in [3.8, 4) is 0 Å². The summed E-state index contributed by atoms with van der Waals surface area (Å²) in [6, 6.07) is 1.40. The summed E-state index contributed by atoms with van der Waals surface area (Å²) < 4.78 is 2.26. The summed E-state index contributed by atoms with van der Waals surface area (Å²) in [7, 11) is 1.40. The van der Waals surface area contributed by atoms with Gasteiger partial charge >= 0.3 is 5.69 Å². The van der Waals surface area contributed by atoms with Gasteiger partial charge in [0, 0.05) is 45.0 Å². The smallest absolute Gasteiger partial charge is 0.331 e. The van der Waals surface area contributed by atoms with Crippen LogP contribution in [0.15, 0.2) is 21.9 Å². The van der Waals surface area contributed by atoms with Gasteiger partial charge in [-0.15, -0.1) is 0 Å². The van der Waals surface area contributed by atoms with Crippen LogP contribution in [0.2, 0.25) is 0 Å². The van der Waals surface area contributed by atoms with Crippen LogP contribution in [0.5, 0.6) is 0 Å². The van der Waals surface area contributed by atoms with Gasteiger partial charge in [0.15, 0.2) is 0 Å². The largest absolute Gasteiger partial charge is 0.336 e. The van der Waals surface area contributed by atoms with Crippen molar-refractivity contribution in [2.75, 3.05) is 19.6 Å². The van der Waals surface area contributed by atoms with Gasteiger partial charge in [0.05, 0.1) is 0 Å². The van der Waals surface area contributed by atoms with E-state index >= 15 is 0 Å². The van der Waals surface area contributed by atoms with Gasteiger partial charge in [0.2, 0.25) is 5.91 Å². The SMILES string of the molecule is C[C@@H]1CNCCN1C(=O)Cn1ccc(=O)n(C)c1=O. The van der Waals surface area contributed by atoms with Gasteiger partial charge in [0.1, 0.15) is 6.54 Å². The molecule has 0 radical (unpaired) electrons. The van der Waals surface area contributed by atoms with Gasteiger partial charge in [0.25, 0.3) is 5.56 Å². The normalized spacial score (nSPS) is 19.5. The van der Waals surface area contributed by atoms with Crippen LogP contribution in [-0.4, -0.2) is 45.6 Å². The Labute approximate surface area is 110 Å². The molecule has 2 heterocycles. The standard InChI is InChI=1S/C12H18N4O3/c1-9-7-13-4-6-16(9)11(18)8-15-5-3-10(17)14(2)12(15)19/h3,5,9,13H,4,6-8H2,1-2H3/t9-/m1/s1. The van der Waals surface area contributed by atoms with E-state index in [4.69, 9.17) is 0 Å². The molecule has 0 aliphatic carbocycles. The molecular weight excluding hydrogens is 248 g/mol. The summed E-state index contributed by atoms with van der Waals surface area (Å²) in [6.07, 6.45) is 1.37. The number of nitrogens with one attached hydrogen (secondary N) is 1. The maximum absolute atomic E-state index is 12.2. The van der Waals surface area contributed by atoms with E-state index in [0.29, 0.717) is 6.54 Å². The van der Waals surface area contributed by atoms with Crippen molar-refractivity contribution < 1.29 is 4.79 Å². The lowest BCUT2D eigenvalue weighted by Crippen LogP contribution is -2.53. The zero-order valence-corrected chi connectivity index (χ0v) is 11.1. The Balaban J connectivity index is 2.17. The van der Waals surface area contributed by atoms with Crippen molar-refractivity contribution >= 4 is 5.91 Å². The highest BCUT2D eigenvalue weighted by Gasteiger charge is 2.23.